The molecule has 0 spiro atoms. The SMILES string of the molecule is Oc1cc(O)cc(CCc2cc(O)c(O)cc2-c2cc(O)c(O)cc2CCc2cc(O)cc(O)c2)c1. The quantitative estimate of drug-likeness (QED) is 0.175. The van der Waals surface area contributed by atoms with Gasteiger partial charge in [-0.3, -0.25) is 0 Å². The second kappa shape index (κ2) is 9.87. The van der Waals surface area contributed by atoms with E-state index in [0.717, 1.165) is 0 Å². The molecule has 0 saturated heterocycles. The van der Waals surface area contributed by atoms with Crippen molar-refractivity contribution in [1.82, 2.24) is 0 Å². The van der Waals surface area contributed by atoms with Gasteiger partial charge in [0.25, 0.3) is 0 Å². The molecular weight excluding hydrogens is 464 g/mol. The lowest BCUT2D eigenvalue weighted by atomic mass is 9.89. The van der Waals surface area contributed by atoms with Crippen molar-refractivity contribution in [2.24, 2.45) is 0 Å². The fourth-order valence-electron chi connectivity index (χ4n) is 4.31. The van der Waals surface area contributed by atoms with Crippen molar-refractivity contribution in [1.29, 1.82) is 0 Å². The molecule has 186 valence electrons. The highest BCUT2D eigenvalue weighted by atomic mass is 16.3. The molecule has 0 unspecified atom stereocenters. The monoisotopic (exact) mass is 490 g/mol. The molecule has 0 bridgehead atoms. The summed E-state index contributed by atoms with van der Waals surface area (Å²) in [6.45, 7) is 0. The Morgan fingerprint density at radius 1 is 0.333 bits per heavy atom. The van der Waals surface area contributed by atoms with Crippen molar-refractivity contribution in [3.8, 4) is 57.1 Å². The predicted octanol–water partition coefficient (Wildman–Crippen LogP) is 4.57. The summed E-state index contributed by atoms with van der Waals surface area (Å²) in [6.07, 6.45) is 1.49. The van der Waals surface area contributed by atoms with Crippen LogP contribution in [-0.4, -0.2) is 40.9 Å². The Morgan fingerprint density at radius 3 is 0.972 bits per heavy atom. The fraction of sp³-hybridized carbons (Fsp3) is 0.143. The largest absolute Gasteiger partial charge is 0.508 e. The molecule has 8 heteroatoms. The number of rotatable bonds is 7. The maximum atomic E-state index is 10.2. The first-order valence-electron chi connectivity index (χ1n) is 11.2. The highest BCUT2D eigenvalue weighted by Gasteiger charge is 2.17. The van der Waals surface area contributed by atoms with Gasteiger partial charge in [0.15, 0.2) is 23.0 Å². The number of aryl methyl sites for hydroxylation is 4. The summed E-state index contributed by atoms with van der Waals surface area (Å²) in [4.78, 5) is 0. The number of phenols is 8. The van der Waals surface area contributed by atoms with E-state index in [2.05, 4.69) is 0 Å². The van der Waals surface area contributed by atoms with E-state index in [1.807, 2.05) is 0 Å². The topological polar surface area (TPSA) is 162 Å². The summed E-state index contributed by atoms with van der Waals surface area (Å²) in [5.74, 6) is -1.70. The van der Waals surface area contributed by atoms with Gasteiger partial charge < -0.3 is 40.9 Å². The Balaban J connectivity index is 1.72. The van der Waals surface area contributed by atoms with Gasteiger partial charge in [0.2, 0.25) is 0 Å². The standard InChI is InChI=1S/C28H26O8/c29-19-5-15(6-20(30)11-19)1-3-17-9-25(33)27(35)13-23(17)24-14-28(36)26(34)10-18(24)4-2-16-7-21(31)12-22(32)8-16/h5-14,29-36H,1-4H2. The lowest BCUT2D eigenvalue weighted by Crippen LogP contribution is -1.99. The van der Waals surface area contributed by atoms with Crippen LogP contribution in [0, 0.1) is 0 Å². The second-order valence-electron chi connectivity index (χ2n) is 8.71. The summed E-state index contributed by atoms with van der Waals surface area (Å²) >= 11 is 0. The van der Waals surface area contributed by atoms with Gasteiger partial charge in [-0.1, -0.05) is 0 Å². The Labute approximate surface area is 206 Å². The number of benzene rings is 4. The van der Waals surface area contributed by atoms with Crippen LogP contribution in [-0.2, 0) is 25.7 Å². The summed E-state index contributed by atoms with van der Waals surface area (Å²) in [6, 6.07) is 14.1. The van der Waals surface area contributed by atoms with Crippen LogP contribution in [0.3, 0.4) is 0 Å². The molecule has 36 heavy (non-hydrogen) atoms. The average molecular weight is 491 g/mol. The molecule has 0 radical (unpaired) electrons. The van der Waals surface area contributed by atoms with Gasteiger partial charge >= 0.3 is 0 Å². The van der Waals surface area contributed by atoms with Crippen LogP contribution in [0.2, 0.25) is 0 Å². The second-order valence-corrected chi connectivity index (χ2v) is 8.71. The molecule has 0 saturated carbocycles. The Morgan fingerprint density at radius 2 is 0.639 bits per heavy atom. The molecule has 8 N–H and O–H groups in total. The molecule has 0 aliphatic heterocycles. The van der Waals surface area contributed by atoms with Gasteiger partial charge in [-0.2, -0.15) is 0 Å². The molecule has 4 aromatic rings. The molecule has 0 amide bonds. The fourth-order valence-corrected chi connectivity index (χ4v) is 4.31. The van der Waals surface area contributed by atoms with Crippen LogP contribution in [0.4, 0.5) is 0 Å². The molecule has 0 aliphatic carbocycles. The zero-order chi connectivity index (χ0) is 26.0. The molecule has 4 aromatic carbocycles. The van der Waals surface area contributed by atoms with Gasteiger partial charge in [-0.25, -0.2) is 0 Å². The first-order valence-corrected chi connectivity index (χ1v) is 11.2. The minimum atomic E-state index is -0.361. The van der Waals surface area contributed by atoms with Crippen LogP contribution in [0.25, 0.3) is 11.1 Å². The normalized spacial score (nSPS) is 11.0. The van der Waals surface area contributed by atoms with Crippen LogP contribution in [0.1, 0.15) is 22.3 Å². The van der Waals surface area contributed by atoms with Gasteiger partial charge in [0, 0.05) is 12.1 Å². The van der Waals surface area contributed by atoms with Crippen molar-refractivity contribution in [2.75, 3.05) is 0 Å². The van der Waals surface area contributed by atoms with Crippen molar-refractivity contribution < 1.29 is 40.9 Å². The van der Waals surface area contributed by atoms with E-state index >= 15 is 0 Å². The third-order valence-corrected chi connectivity index (χ3v) is 5.98. The smallest absolute Gasteiger partial charge is 0.158 e. The maximum absolute atomic E-state index is 10.2. The number of aromatic hydroxyl groups is 8. The summed E-state index contributed by atoms with van der Waals surface area (Å²) in [5, 5.41) is 79.9. The predicted molar refractivity (Wildman–Crippen MR) is 133 cm³/mol. The molecule has 0 aliphatic rings. The first kappa shape index (κ1) is 24.4. The lowest BCUT2D eigenvalue weighted by Gasteiger charge is -2.17. The molecule has 4 rings (SSSR count). The van der Waals surface area contributed by atoms with Crippen LogP contribution in [0.5, 0.6) is 46.0 Å². The van der Waals surface area contributed by atoms with E-state index in [4.69, 9.17) is 0 Å². The third-order valence-electron chi connectivity index (χ3n) is 5.98. The molecule has 0 heterocycles. The van der Waals surface area contributed by atoms with E-state index < -0.39 is 0 Å². The Bertz CT molecular complexity index is 1280. The summed E-state index contributed by atoms with van der Waals surface area (Å²) < 4.78 is 0. The summed E-state index contributed by atoms with van der Waals surface area (Å²) in [7, 11) is 0. The van der Waals surface area contributed by atoms with E-state index in [1.165, 1.54) is 60.7 Å². The minimum absolute atomic E-state index is 0.0810. The van der Waals surface area contributed by atoms with Crippen molar-refractivity contribution in [2.45, 2.75) is 25.7 Å². The van der Waals surface area contributed by atoms with Gasteiger partial charge in [-0.05, 0) is 108 Å². The minimum Gasteiger partial charge on any atom is -0.508 e. The molecule has 0 fully saturated rings. The molecular formula is C28H26O8. The number of phenolic OH excluding ortho intramolecular Hbond substituents is 8. The zero-order valence-electron chi connectivity index (χ0n) is 19.2. The number of hydrogen-bond donors (Lipinski definition) is 8. The third kappa shape index (κ3) is 5.50. The van der Waals surface area contributed by atoms with Crippen LogP contribution >= 0.6 is 0 Å². The Kier molecular flexibility index (Phi) is 6.69. The van der Waals surface area contributed by atoms with Gasteiger partial charge in [-0.15, -0.1) is 0 Å². The van der Waals surface area contributed by atoms with E-state index in [0.29, 0.717) is 59.1 Å². The molecule has 0 aromatic heterocycles. The summed E-state index contributed by atoms with van der Waals surface area (Å²) in [5.41, 5.74) is 3.58. The molecule has 0 atom stereocenters. The maximum Gasteiger partial charge on any atom is 0.158 e. The highest BCUT2D eigenvalue weighted by Crippen LogP contribution is 2.41. The van der Waals surface area contributed by atoms with Crippen molar-refractivity contribution in [3.63, 3.8) is 0 Å². The van der Waals surface area contributed by atoms with Crippen molar-refractivity contribution >= 4 is 0 Å². The number of hydrogen-bond acceptors (Lipinski definition) is 8. The first-order chi connectivity index (χ1) is 17.1. The Hall–Kier alpha value is -4.72. The molecule has 8 nitrogen and oxygen atoms in total. The van der Waals surface area contributed by atoms with E-state index in [-0.39, 0.29) is 46.0 Å². The van der Waals surface area contributed by atoms with Crippen LogP contribution < -0.4 is 0 Å². The van der Waals surface area contributed by atoms with E-state index in [9.17, 15) is 40.9 Å². The van der Waals surface area contributed by atoms with Crippen molar-refractivity contribution in [3.05, 3.63) is 82.9 Å². The highest BCUT2D eigenvalue weighted by molar-refractivity contribution is 5.76. The van der Waals surface area contributed by atoms with Gasteiger partial charge in [0.1, 0.15) is 23.0 Å². The lowest BCUT2D eigenvalue weighted by molar-refractivity contribution is 0.402. The van der Waals surface area contributed by atoms with E-state index in [1.54, 1.807) is 0 Å². The zero-order valence-corrected chi connectivity index (χ0v) is 19.2. The van der Waals surface area contributed by atoms with Gasteiger partial charge in [0.05, 0.1) is 0 Å². The van der Waals surface area contributed by atoms with Crippen LogP contribution in [0.15, 0.2) is 60.7 Å². The average Bonchev–Trinajstić information content (AvgIpc) is 2.79.